The van der Waals surface area contributed by atoms with Gasteiger partial charge in [0, 0.05) is 13.1 Å². The highest BCUT2D eigenvalue weighted by molar-refractivity contribution is 4.79. The van der Waals surface area contributed by atoms with Gasteiger partial charge in [0.1, 0.15) is 0 Å². The number of ether oxygens (including phenoxy) is 1. The van der Waals surface area contributed by atoms with Gasteiger partial charge in [0.15, 0.2) is 0 Å². The standard InChI is InChI=1S/C10H21NO2/c1-4-8(2)10(12)9-7-11(3)5-6-13-9/h8-10,12H,4-7H2,1-3H3. The van der Waals surface area contributed by atoms with Gasteiger partial charge in [0.25, 0.3) is 0 Å². The lowest BCUT2D eigenvalue weighted by atomic mass is 9.96. The zero-order valence-electron chi connectivity index (χ0n) is 8.86. The van der Waals surface area contributed by atoms with Crippen LogP contribution in [0.15, 0.2) is 0 Å². The fourth-order valence-corrected chi connectivity index (χ4v) is 1.63. The molecule has 1 saturated heterocycles. The molecule has 3 heteroatoms. The topological polar surface area (TPSA) is 32.7 Å². The Balaban J connectivity index is 2.41. The van der Waals surface area contributed by atoms with Crippen LogP contribution >= 0.6 is 0 Å². The third kappa shape index (κ3) is 2.93. The summed E-state index contributed by atoms with van der Waals surface area (Å²) in [6.07, 6.45) is 0.700. The molecule has 1 heterocycles. The monoisotopic (exact) mass is 187 g/mol. The number of hydrogen-bond donors (Lipinski definition) is 1. The number of aliphatic hydroxyl groups excluding tert-OH is 1. The van der Waals surface area contributed by atoms with Gasteiger partial charge in [-0.2, -0.15) is 0 Å². The molecule has 0 aliphatic carbocycles. The van der Waals surface area contributed by atoms with Crippen molar-refractivity contribution in [1.29, 1.82) is 0 Å². The summed E-state index contributed by atoms with van der Waals surface area (Å²) in [6.45, 7) is 6.74. The van der Waals surface area contributed by atoms with Gasteiger partial charge in [-0.15, -0.1) is 0 Å². The van der Waals surface area contributed by atoms with E-state index in [0.717, 1.165) is 26.1 Å². The molecule has 0 aromatic rings. The Labute approximate surface area is 80.7 Å². The molecule has 3 atom stereocenters. The molecular formula is C10H21NO2. The summed E-state index contributed by atoms with van der Waals surface area (Å²) >= 11 is 0. The predicted octanol–water partition coefficient (Wildman–Crippen LogP) is 0.724. The van der Waals surface area contributed by atoms with E-state index >= 15 is 0 Å². The first kappa shape index (κ1) is 11.0. The normalized spacial score (nSPS) is 30.0. The van der Waals surface area contributed by atoms with Crippen LogP contribution in [0.5, 0.6) is 0 Å². The van der Waals surface area contributed by atoms with Crippen molar-refractivity contribution in [3.8, 4) is 0 Å². The molecule has 0 aromatic carbocycles. The third-order valence-electron chi connectivity index (χ3n) is 2.90. The Bertz CT molecular complexity index is 152. The number of aliphatic hydroxyl groups is 1. The largest absolute Gasteiger partial charge is 0.390 e. The first-order valence-corrected chi connectivity index (χ1v) is 5.13. The molecule has 0 radical (unpaired) electrons. The maximum absolute atomic E-state index is 9.91. The van der Waals surface area contributed by atoms with Crippen molar-refractivity contribution in [2.45, 2.75) is 32.5 Å². The predicted molar refractivity (Wildman–Crippen MR) is 52.7 cm³/mol. The molecule has 0 spiro atoms. The van der Waals surface area contributed by atoms with Crippen LogP contribution in [0.1, 0.15) is 20.3 Å². The molecule has 13 heavy (non-hydrogen) atoms. The summed E-state index contributed by atoms with van der Waals surface area (Å²) in [6, 6.07) is 0. The zero-order valence-corrected chi connectivity index (χ0v) is 8.86. The minimum Gasteiger partial charge on any atom is -0.390 e. The highest BCUT2D eigenvalue weighted by atomic mass is 16.5. The molecule has 0 aromatic heterocycles. The van der Waals surface area contributed by atoms with Crippen LogP contribution < -0.4 is 0 Å². The third-order valence-corrected chi connectivity index (χ3v) is 2.90. The smallest absolute Gasteiger partial charge is 0.0963 e. The van der Waals surface area contributed by atoms with E-state index in [2.05, 4.69) is 25.8 Å². The first-order chi connectivity index (χ1) is 6.15. The van der Waals surface area contributed by atoms with Crippen LogP contribution in [-0.2, 0) is 4.74 Å². The molecule has 3 nitrogen and oxygen atoms in total. The molecule has 78 valence electrons. The van der Waals surface area contributed by atoms with Crippen LogP contribution in [0.2, 0.25) is 0 Å². The van der Waals surface area contributed by atoms with E-state index in [1.165, 1.54) is 0 Å². The average Bonchev–Trinajstić information content (AvgIpc) is 2.15. The summed E-state index contributed by atoms with van der Waals surface area (Å²) < 4.78 is 5.54. The first-order valence-electron chi connectivity index (χ1n) is 5.13. The van der Waals surface area contributed by atoms with Crippen molar-refractivity contribution in [2.75, 3.05) is 26.7 Å². The van der Waals surface area contributed by atoms with Crippen LogP contribution in [0.3, 0.4) is 0 Å². The molecule has 1 aliphatic heterocycles. The van der Waals surface area contributed by atoms with Crippen LogP contribution in [0.4, 0.5) is 0 Å². The second-order valence-corrected chi connectivity index (χ2v) is 4.05. The fraction of sp³-hybridized carbons (Fsp3) is 1.00. The average molecular weight is 187 g/mol. The van der Waals surface area contributed by atoms with E-state index in [1.807, 2.05) is 0 Å². The molecular weight excluding hydrogens is 166 g/mol. The van der Waals surface area contributed by atoms with Gasteiger partial charge < -0.3 is 14.7 Å². The minimum atomic E-state index is -0.312. The van der Waals surface area contributed by atoms with Gasteiger partial charge in [-0.05, 0) is 13.0 Å². The van der Waals surface area contributed by atoms with Crippen LogP contribution in [0, 0.1) is 5.92 Å². The van der Waals surface area contributed by atoms with Gasteiger partial charge in [-0.25, -0.2) is 0 Å². The summed E-state index contributed by atoms with van der Waals surface area (Å²) in [5.74, 6) is 0.330. The van der Waals surface area contributed by atoms with Crippen molar-refractivity contribution in [2.24, 2.45) is 5.92 Å². The van der Waals surface area contributed by atoms with Crippen molar-refractivity contribution < 1.29 is 9.84 Å². The Morgan fingerprint density at radius 3 is 2.85 bits per heavy atom. The van der Waals surface area contributed by atoms with E-state index in [9.17, 15) is 5.11 Å². The zero-order chi connectivity index (χ0) is 9.84. The number of rotatable bonds is 3. The second kappa shape index (κ2) is 4.94. The van der Waals surface area contributed by atoms with Gasteiger partial charge in [-0.1, -0.05) is 20.3 Å². The van der Waals surface area contributed by atoms with E-state index in [1.54, 1.807) is 0 Å². The van der Waals surface area contributed by atoms with Crippen LogP contribution in [0.25, 0.3) is 0 Å². The molecule has 3 unspecified atom stereocenters. The van der Waals surface area contributed by atoms with E-state index < -0.39 is 0 Å². The lowest BCUT2D eigenvalue weighted by Crippen LogP contribution is -2.47. The number of hydrogen-bond acceptors (Lipinski definition) is 3. The van der Waals surface area contributed by atoms with Crippen molar-refractivity contribution in [1.82, 2.24) is 4.90 Å². The quantitative estimate of drug-likeness (QED) is 0.707. The van der Waals surface area contributed by atoms with Crippen LogP contribution in [-0.4, -0.2) is 49.0 Å². The van der Waals surface area contributed by atoms with Gasteiger partial charge in [0.2, 0.25) is 0 Å². The summed E-state index contributed by atoms with van der Waals surface area (Å²) in [4.78, 5) is 2.21. The summed E-state index contributed by atoms with van der Waals surface area (Å²) in [5, 5.41) is 9.91. The second-order valence-electron chi connectivity index (χ2n) is 4.05. The summed E-state index contributed by atoms with van der Waals surface area (Å²) in [5.41, 5.74) is 0. The van der Waals surface area contributed by atoms with Crippen molar-refractivity contribution >= 4 is 0 Å². The van der Waals surface area contributed by atoms with Gasteiger partial charge >= 0.3 is 0 Å². The van der Waals surface area contributed by atoms with Crippen molar-refractivity contribution in [3.05, 3.63) is 0 Å². The molecule has 1 N–H and O–H groups in total. The number of nitrogens with zero attached hydrogens (tertiary/aromatic N) is 1. The molecule has 1 aliphatic rings. The fourth-order valence-electron chi connectivity index (χ4n) is 1.63. The highest BCUT2D eigenvalue weighted by Gasteiger charge is 2.28. The Morgan fingerprint density at radius 1 is 1.62 bits per heavy atom. The Hall–Kier alpha value is -0.120. The highest BCUT2D eigenvalue weighted by Crippen LogP contribution is 2.16. The number of likely N-dealkylation sites (N-methyl/N-ethyl adjacent to an activating group) is 1. The summed E-state index contributed by atoms with van der Waals surface area (Å²) in [7, 11) is 2.07. The lowest BCUT2D eigenvalue weighted by Gasteiger charge is -2.34. The molecule has 1 fully saturated rings. The molecule has 0 amide bonds. The maximum Gasteiger partial charge on any atom is 0.0963 e. The molecule has 0 bridgehead atoms. The Morgan fingerprint density at radius 2 is 2.31 bits per heavy atom. The molecule has 1 rings (SSSR count). The van der Waals surface area contributed by atoms with E-state index in [4.69, 9.17) is 4.74 Å². The van der Waals surface area contributed by atoms with E-state index in [-0.39, 0.29) is 12.2 Å². The minimum absolute atomic E-state index is 0.00806. The van der Waals surface area contributed by atoms with Gasteiger partial charge in [0.05, 0.1) is 18.8 Å². The van der Waals surface area contributed by atoms with Gasteiger partial charge in [-0.3, -0.25) is 0 Å². The SMILES string of the molecule is CCC(C)C(O)C1CN(C)CCO1. The van der Waals surface area contributed by atoms with Crippen molar-refractivity contribution in [3.63, 3.8) is 0 Å². The maximum atomic E-state index is 9.91. The lowest BCUT2D eigenvalue weighted by molar-refractivity contribution is -0.0988. The Kier molecular flexibility index (Phi) is 4.16. The molecule has 0 saturated carbocycles. The number of morpholine rings is 1. The van der Waals surface area contributed by atoms with E-state index in [0.29, 0.717) is 5.92 Å².